The van der Waals surface area contributed by atoms with Gasteiger partial charge in [0.05, 0.1) is 7.11 Å². The molecule has 0 bridgehead atoms. The highest BCUT2D eigenvalue weighted by molar-refractivity contribution is 5.86. The van der Waals surface area contributed by atoms with Crippen molar-refractivity contribution < 1.29 is 19.4 Å². The van der Waals surface area contributed by atoms with E-state index in [1.54, 1.807) is 6.08 Å². The molecule has 0 saturated heterocycles. The van der Waals surface area contributed by atoms with E-state index < -0.39 is 24.0 Å². The van der Waals surface area contributed by atoms with Crippen molar-refractivity contribution in [3.05, 3.63) is 12.7 Å². The van der Waals surface area contributed by atoms with Crippen molar-refractivity contribution in [2.24, 2.45) is 5.92 Å². The van der Waals surface area contributed by atoms with Gasteiger partial charge in [-0.05, 0) is 25.2 Å². The number of ether oxygens (including phenoxy) is 1. The fraction of sp³-hybridized carbons (Fsp3) is 0.692. The Hall–Kier alpha value is -1.36. The van der Waals surface area contributed by atoms with Crippen LogP contribution in [0.1, 0.15) is 33.1 Å². The number of hydrogen-bond acceptors (Lipinski definition) is 4. The summed E-state index contributed by atoms with van der Waals surface area (Å²) in [6.45, 7) is 7.37. The molecule has 0 aromatic heterocycles. The smallest absolute Gasteiger partial charge is 0.328 e. The Balaban J connectivity index is 4.41. The second-order valence-electron chi connectivity index (χ2n) is 4.60. The van der Waals surface area contributed by atoms with Gasteiger partial charge in [-0.2, -0.15) is 0 Å². The summed E-state index contributed by atoms with van der Waals surface area (Å²) in [7, 11) is 1.26. The van der Waals surface area contributed by atoms with Crippen LogP contribution < -0.4 is 5.32 Å². The highest BCUT2D eigenvalue weighted by Crippen LogP contribution is 2.06. The molecular formula is C13H23NO4. The summed E-state index contributed by atoms with van der Waals surface area (Å²) in [5.74, 6) is -0.847. The second-order valence-corrected chi connectivity index (χ2v) is 4.60. The maximum Gasteiger partial charge on any atom is 0.328 e. The minimum atomic E-state index is -1.10. The van der Waals surface area contributed by atoms with E-state index in [0.717, 1.165) is 0 Å². The van der Waals surface area contributed by atoms with Crippen LogP contribution in [0, 0.1) is 5.92 Å². The number of aliphatic hydroxyl groups excluding tert-OH is 1. The third kappa shape index (κ3) is 6.39. The monoisotopic (exact) mass is 257 g/mol. The van der Waals surface area contributed by atoms with Crippen LogP contribution in [0.2, 0.25) is 0 Å². The Labute approximate surface area is 108 Å². The van der Waals surface area contributed by atoms with E-state index in [9.17, 15) is 14.7 Å². The van der Waals surface area contributed by atoms with Crippen molar-refractivity contribution in [1.82, 2.24) is 5.32 Å². The van der Waals surface area contributed by atoms with E-state index in [-0.39, 0.29) is 5.92 Å². The van der Waals surface area contributed by atoms with Crippen molar-refractivity contribution in [3.8, 4) is 0 Å². The average Bonchev–Trinajstić information content (AvgIpc) is 2.32. The number of allylic oxidation sites excluding steroid dienone is 1. The molecule has 18 heavy (non-hydrogen) atoms. The fourth-order valence-corrected chi connectivity index (χ4v) is 1.50. The van der Waals surface area contributed by atoms with Gasteiger partial charge in [0.15, 0.2) is 0 Å². The summed E-state index contributed by atoms with van der Waals surface area (Å²) in [6, 6.07) is -0.734. The topological polar surface area (TPSA) is 75.6 Å². The number of carbonyl (C=O) groups is 2. The summed E-state index contributed by atoms with van der Waals surface area (Å²) in [6.07, 6.45) is 1.92. The normalized spacial score (nSPS) is 13.8. The van der Waals surface area contributed by atoms with Crippen LogP contribution in [0.3, 0.4) is 0 Å². The molecular weight excluding hydrogens is 234 g/mol. The quantitative estimate of drug-likeness (QED) is 0.503. The number of nitrogens with one attached hydrogen (secondary N) is 1. The number of esters is 1. The Kier molecular flexibility index (Phi) is 8.03. The van der Waals surface area contributed by atoms with Crippen LogP contribution in [0.4, 0.5) is 0 Å². The van der Waals surface area contributed by atoms with Gasteiger partial charge in [-0.1, -0.05) is 19.9 Å². The zero-order valence-corrected chi connectivity index (χ0v) is 11.3. The first-order valence-corrected chi connectivity index (χ1v) is 6.09. The number of amides is 1. The van der Waals surface area contributed by atoms with Crippen LogP contribution in [0.15, 0.2) is 12.7 Å². The van der Waals surface area contributed by atoms with Gasteiger partial charge in [-0.15, -0.1) is 6.58 Å². The molecule has 0 aliphatic heterocycles. The summed E-state index contributed by atoms with van der Waals surface area (Å²) in [5, 5.41) is 12.1. The van der Waals surface area contributed by atoms with Gasteiger partial charge in [0.1, 0.15) is 12.1 Å². The van der Waals surface area contributed by atoms with E-state index in [1.165, 1.54) is 7.11 Å². The molecule has 0 fully saturated rings. The van der Waals surface area contributed by atoms with Crippen molar-refractivity contribution >= 4 is 11.9 Å². The van der Waals surface area contributed by atoms with E-state index in [2.05, 4.69) is 16.6 Å². The first kappa shape index (κ1) is 16.6. The molecule has 0 saturated carbocycles. The minimum absolute atomic E-state index is 0.204. The molecule has 0 rings (SSSR count). The van der Waals surface area contributed by atoms with E-state index in [1.807, 2.05) is 13.8 Å². The molecule has 2 atom stereocenters. The molecule has 2 N–H and O–H groups in total. The highest BCUT2D eigenvalue weighted by Gasteiger charge is 2.24. The van der Waals surface area contributed by atoms with Gasteiger partial charge in [-0.25, -0.2) is 4.79 Å². The molecule has 1 amide bonds. The zero-order chi connectivity index (χ0) is 14.1. The van der Waals surface area contributed by atoms with Crippen LogP contribution in [0.25, 0.3) is 0 Å². The molecule has 5 heteroatoms. The standard InChI is InChI=1S/C13H23NO4/c1-5-6-7-10(13(17)18-4)14-12(16)11(15)8-9(2)3/h5,9-11,15H,1,6-8H2,2-4H3,(H,14,16)/t10-,11-/m0/s1. The third-order valence-electron chi connectivity index (χ3n) is 2.46. The first-order chi connectivity index (χ1) is 8.42. The predicted molar refractivity (Wildman–Crippen MR) is 68.8 cm³/mol. The molecule has 0 unspecified atom stereocenters. The number of carbonyl (C=O) groups excluding carboxylic acids is 2. The summed E-state index contributed by atoms with van der Waals surface area (Å²) >= 11 is 0. The highest BCUT2D eigenvalue weighted by atomic mass is 16.5. The molecule has 0 spiro atoms. The number of aliphatic hydroxyl groups is 1. The fourth-order valence-electron chi connectivity index (χ4n) is 1.50. The Morgan fingerprint density at radius 2 is 2.06 bits per heavy atom. The molecule has 5 nitrogen and oxygen atoms in total. The maximum absolute atomic E-state index is 11.7. The molecule has 0 aromatic rings. The van der Waals surface area contributed by atoms with Crippen molar-refractivity contribution in [2.45, 2.75) is 45.3 Å². The number of hydrogen-bond donors (Lipinski definition) is 2. The summed E-state index contributed by atoms with van der Waals surface area (Å²) < 4.78 is 4.60. The summed E-state index contributed by atoms with van der Waals surface area (Å²) in [4.78, 5) is 23.1. The predicted octanol–water partition coefficient (Wildman–Crippen LogP) is 1.02. The molecule has 0 aromatic carbocycles. The van der Waals surface area contributed by atoms with E-state index in [0.29, 0.717) is 19.3 Å². The van der Waals surface area contributed by atoms with Crippen LogP contribution in [0.5, 0.6) is 0 Å². The molecule has 0 aliphatic carbocycles. The van der Waals surface area contributed by atoms with Gasteiger partial charge in [0.25, 0.3) is 0 Å². The maximum atomic E-state index is 11.7. The molecule has 0 heterocycles. The zero-order valence-electron chi connectivity index (χ0n) is 11.3. The third-order valence-corrected chi connectivity index (χ3v) is 2.46. The lowest BCUT2D eigenvalue weighted by Gasteiger charge is -2.19. The van der Waals surface area contributed by atoms with Gasteiger partial charge in [0.2, 0.25) is 5.91 Å². The van der Waals surface area contributed by atoms with Gasteiger partial charge in [-0.3, -0.25) is 4.79 Å². The Morgan fingerprint density at radius 3 is 2.50 bits per heavy atom. The number of rotatable bonds is 8. The first-order valence-electron chi connectivity index (χ1n) is 6.09. The van der Waals surface area contributed by atoms with Crippen LogP contribution >= 0.6 is 0 Å². The van der Waals surface area contributed by atoms with Gasteiger partial charge >= 0.3 is 5.97 Å². The van der Waals surface area contributed by atoms with Crippen molar-refractivity contribution in [2.75, 3.05) is 7.11 Å². The lowest BCUT2D eigenvalue weighted by molar-refractivity contribution is -0.146. The SMILES string of the molecule is C=CCC[C@H](NC(=O)[C@@H](O)CC(C)C)C(=O)OC. The average molecular weight is 257 g/mol. The summed E-state index contributed by atoms with van der Waals surface area (Å²) in [5.41, 5.74) is 0. The van der Waals surface area contributed by atoms with Crippen LogP contribution in [-0.2, 0) is 14.3 Å². The van der Waals surface area contributed by atoms with Crippen LogP contribution in [-0.4, -0.2) is 36.2 Å². The van der Waals surface area contributed by atoms with Crippen molar-refractivity contribution in [1.29, 1.82) is 0 Å². The lowest BCUT2D eigenvalue weighted by atomic mass is 10.0. The lowest BCUT2D eigenvalue weighted by Crippen LogP contribution is -2.46. The second kappa shape index (κ2) is 8.69. The van der Waals surface area contributed by atoms with E-state index in [4.69, 9.17) is 0 Å². The van der Waals surface area contributed by atoms with Gasteiger partial charge < -0.3 is 15.2 Å². The Morgan fingerprint density at radius 1 is 1.44 bits per heavy atom. The Bertz CT molecular complexity index is 289. The molecule has 0 aliphatic rings. The molecule has 104 valence electrons. The minimum Gasteiger partial charge on any atom is -0.467 e. The molecule has 0 radical (unpaired) electrons. The van der Waals surface area contributed by atoms with Crippen molar-refractivity contribution in [3.63, 3.8) is 0 Å². The number of methoxy groups -OCH3 is 1. The van der Waals surface area contributed by atoms with E-state index >= 15 is 0 Å². The van der Waals surface area contributed by atoms with Gasteiger partial charge in [0, 0.05) is 0 Å². The largest absolute Gasteiger partial charge is 0.467 e.